The van der Waals surface area contributed by atoms with Crippen molar-refractivity contribution in [2.75, 3.05) is 26.4 Å². The first-order valence-corrected chi connectivity index (χ1v) is 6.23. The summed E-state index contributed by atoms with van der Waals surface area (Å²) in [7, 11) is 0. The van der Waals surface area contributed by atoms with E-state index in [9.17, 15) is 4.79 Å². The molecule has 5 heteroatoms. The number of hydrogen-bond acceptors (Lipinski definition) is 5. The highest BCUT2D eigenvalue weighted by Crippen LogP contribution is 2.19. The Morgan fingerprint density at radius 3 is 2.76 bits per heavy atom. The third-order valence-corrected chi connectivity index (χ3v) is 2.56. The predicted molar refractivity (Wildman–Crippen MR) is 63.6 cm³/mol. The molecule has 1 heterocycles. The van der Waals surface area contributed by atoms with Gasteiger partial charge in [0.15, 0.2) is 6.10 Å². The second kappa shape index (κ2) is 7.63. The fourth-order valence-electron chi connectivity index (χ4n) is 1.67. The first-order chi connectivity index (χ1) is 8.13. The van der Waals surface area contributed by atoms with Gasteiger partial charge in [-0.3, -0.25) is 0 Å². The van der Waals surface area contributed by atoms with Gasteiger partial charge in [0.1, 0.15) is 6.61 Å². The van der Waals surface area contributed by atoms with Gasteiger partial charge in [-0.2, -0.15) is 0 Å². The maximum absolute atomic E-state index is 11.6. The molecule has 2 N–H and O–H groups in total. The van der Waals surface area contributed by atoms with E-state index in [-0.39, 0.29) is 12.1 Å². The van der Waals surface area contributed by atoms with Crippen molar-refractivity contribution in [2.24, 2.45) is 11.7 Å². The Morgan fingerprint density at radius 2 is 2.18 bits per heavy atom. The number of carbonyl (C=O) groups excluding carboxylic acids is 1. The largest absolute Gasteiger partial charge is 0.461 e. The van der Waals surface area contributed by atoms with Crippen molar-refractivity contribution in [3.8, 4) is 0 Å². The molecule has 100 valence electrons. The van der Waals surface area contributed by atoms with Crippen LogP contribution in [0.5, 0.6) is 0 Å². The van der Waals surface area contributed by atoms with Gasteiger partial charge in [0.2, 0.25) is 0 Å². The number of ether oxygens (including phenoxy) is 3. The van der Waals surface area contributed by atoms with E-state index in [0.717, 1.165) is 6.42 Å². The summed E-state index contributed by atoms with van der Waals surface area (Å²) < 4.78 is 15.8. The molecule has 0 aromatic carbocycles. The van der Waals surface area contributed by atoms with Gasteiger partial charge in [-0.15, -0.1) is 0 Å². The molecule has 5 nitrogen and oxygen atoms in total. The molecule has 1 aliphatic rings. The van der Waals surface area contributed by atoms with Gasteiger partial charge >= 0.3 is 5.97 Å². The number of rotatable bonds is 7. The molecular formula is C12H23NO4. The molecule has 0 radical (unpaired) electrons. The lowest BCUT2D eigenvalue weighted by molar-refractivity contribution is -0.157. The highest BCUT2D eigenvalue weighted by molar-refractivity contribution is 5.74. The van der Waals surface area contributed by atoms with E-state index in [1.54, 1.807) is 0 Å². The molecule has 2 atom stereocenters. The summed E-state index contributed by atoms with van der Waals surface area (Å²) in [6, 6.07) is 0. The van der Waals surface area contributed by atoms with Crippen molar-refractivity contribution < 1.29 is 19.0 Å². The van der Waals surface area contributed by atoms with Crippen LogP contribution < -0.4 is 5.73 Å². The third-order valence-electron chi connectivity index (χ3n) is 2.56. The summed E-state index contributed by atoms with van der Waals surface area (Å²) in [5.41, 5.74) is 5.47. The van der Waals surface area contributed by atoms with Gasteiger partial charge in [0.05, 0.1) is 12.7 Å². The second-order valence-electron chi connectivity index (χ2n) is 4.70. The molecule has 2 unspecified atom stereocenters. The Bertz CT molecular complexity index is 233. The second-order valence-corrected chi connectivity index (χ2v) is 4.70. The smallest absolute Gasteiger partial charge is 0.335 e. The summed E-state index contributed by atoms with van der Waals surface area (Å²) >= 11 is 0. The van der Waals surface area contributed by atoms with Crippen molar-refractivity contribution in [1.82, 2.24) is 0 Å². The van der Waals surface area contributed by atoms with Crippen LogP contribution in [-0.4, -0.2) is 44.5 Å². The molecular weight excluding hydrogens is 222 g/mol. The topological polar surface area (TPSA) is 70.8 Å². The fourth-order valence-corrected chi connectivity index (χ4v) is 1.67. The van der Waals surface area contributed by atoms with E-state index < -0.39 is 6.10 Å². The zero-order valence-corrected chi connectivity index (χ0v) is 10.7. The standard InChI is InChI=1S/C12H23NO4/c1-9(2)8-15-5-6-16-12(14)11-4-3-10(7-13)17-11/h9-11H,3-8,13H2,1-2H3. The molecule has 1 saturated heterocycles. The Balaban J connectivity index is 2.05. The number of nitrogens with two attached hydrogens (primary N) is 1. The Hall–Kier alpha value is -0.650. The first kappa shape index (κ1) is 14.4. The van der Waals surface area contributed by atoms with Crippen molar-refractivity contribution in [3.05, 3.63) is 0 Å². The summed E-state index contributed by atoms with van der Waals surface area (Å²) in [5.74, 6) is 0.197. The van der Waals surface area contributed by atoms with Crippen LogP contribution in [0.3, 0.4) is 0 Å². The van der Waals surface area contributed by atoms with Crippen LogP contribution in [0.25, 0.3) is 0 Å². The lowest BCUT2D eigenvalue weighted by Crippen LogP contribution is -2.27. The summed E-state index contributed by atoms with van der Waals surface area (Å²) in [4.78, 5) is 11.6. The van der Waals surface area contributed by atoms with Gasteiger partial charge in [-0.25, -0.2) is 4.79 Å². The molecule has 0 saturated carbocycles. The molecule has 1 aliphatic heterocycles. The van der Waals surface area contributed by atoms with Crippen molar-refractivity contribution in [1.29, 1.82) is 0 Å². The van der Waals surface area contributed by atoms with Crippen LogP contribution in [0.2, 0.25) is 0 Å². The van der Waals surface area contributed by atoms with Crippen LogP contribution in [-0.2, 0) is 19.0 Å². The molecule has 0 spiro atoms. The molecule has 0 aromatic rings. The zero-order chi connectivity index (χ0) is 12.7. The van der Waals surface area contributed by atoms with Crippen LogP contribution in [0.15, 0.2) is 0 Å². The highest BCUT2D eigenvalue weighted by atomic mass is 16.6. The maximum Gasteiger partial charge on any atom is 0.335 e. The summed E-state index contributed by atoms with van der Waals surface area (Å²) in [5, 5.41) is 0. The molecule has 0 aliphatic carbocycles. The minimum absolute atomic E-state index is 0.00439. The minimum Gasteiger partial charge on any atom is -0.461 e. The Kier molecular flexibility index (Phi) is 6.47. The van der Waals surface area contributed by atoms with Crippen molar-refractivity contribution in [2.45, 2.75) is 38.9 Å². The lowest BCUT2D eigenvalue weighted by Gasteiger charge is -2.12. The van der Waals surface area contributed by atoms with Gasteiger partial charge in [-0.05, 0) is 18.8 Å². The Morgan fingerprint density at radius 1 is 1.41 bits per heavy atom. The summed E-state index contributed by atoms with van der Waals surface area (Å²) in [6.07, 6.45) is 1.10. The Labute approximate surface area is 103 Å². The van der Waals surface area contributed by atoms with E-state index in [0.29, 0.717) is 38.7 Å². The van der Waals surface area contributed by atoms with E-state index >= 15 is 0 Å². The molecule has 0 bridgehead atoms. The average Bonchev–Trinajstić information content (AvgIpc) is 2.76. The minimum atomic E-state index is -0.436. The van der Waals surface area contributed by atoms with Gasteiger partial charge < -0.3 is 19.9 Å². The van der Waals surface area contributed by atoms with Crippen molar-refractivity contribution in [3.63, 3.8) is 0 Å². The SMILES string of the molecule is CC(C)COCCOC(=O)C1CCC(CN)O1. The monoisotopic (exact) mass is 245 g/mol. The fraction of sp³-hybridized carbons (Fsp3) is 0.917. The lowest BCUT2D eigenvalue weighted by atomic mass is 10.2. The van der Waals surface area contributed by atoms with Gasteiger partial charge in [0, 0.05) is 13.2 Å². The molecule has 17 heavy (non-hydrogen) atoms. The predicted octanol–water partition coefficient (Wildman–Crippen LogP) is 0.709. The van der Waals surface area contributed by atoms with Crippen LogP contribution in [0.1, 0.15) is 26.7 Å². The number of hydrogen-bond donors (Lipinski definition) is 1. The molecule has 0 aromatic heterocycles. The van der Waals surface area contributed by atoms with E-state index in [1.807, 2.05) is 0 Å². The van der Waals surface area contributed by atoms with E-state index in [4.69, 9.17) is 19.9 Å². The van der Waals surface area contributed by atoms with Crippen molar-refractivity contribution >= 4 is 5.97 Å². The van der Waals surface area contributed by atoms with Crippen LogP contribution in [0.4, 0.5) is 0 Å². The van der Waals surface area contributed by atoms with Gasteiger partial charge in [0.25, 0.3) is 0 Å². The third kappa shape index (κ3) is 5.48. The van der Waals surface area contributed by atoms with E-state index in [2.05, 4.69) is 13.8 Å². The van der Waals surface area contributed by atoms with Gasteiger partial charge in [-0.1, -0.05) is 13.8 Å². The maximum atomic E-state index is 11.6. The summed E-state index contributed by atoms with van der Waals surface area (Å²) in [6.45, 7) is 6.03. The van der Waals surface area contributed by atoms with E-state index in [1.165, 1.54) is 0 Å². The normalized spacial score (nSPS) is 24.2. The first-order valence-electron chi connectivity index (χ1n) is 6.23. The molecule has 0 amide bonds. The average molecular weight is 245 g/mol. The zero-order valence-electron chi connectivity index (χ0n) is 10.7. The molecule has 1 fully saturated rings. The van der Waals surface area contributed by atoms with Crippen LogP contribution in [0, 0.1) is 5.92 Å². The quantitative estimate of drug-likeness (QED) is 0.528. The molecule has 1 rings (SSSR count). The number of carbonyl (C=O) groups is 1. The van der Waals surface area contributed by atoms with Crippen LogP contribution >= 0.6 is 0 Å². The number of esters is 1. The highest BCUT2D eigenvalue weighted by Gasteiger charge is 2.30.